The molecule has 0 radical (unpaired) electrons. The Morgan fingerprint density at radius 1 is 1.37 bits per heavy atom. The number of alkyl halides is 3. The van der Waals surface area contributed by atoms with Crippen LogP contribution in [0.25, 0.3) is 0 Å². The molecule has 1 aliphatic carbocycles. The molecule has 4 atom stereocenters. The van der Waals surface area contributed by atoms with Crippen LogP contribution in [0.2, 0.25) is 0 Å². The van der Waals surface area contributed by atoms with Crippen molar-refractivity contribution >= 4 is 0 Å². The van der Waals surface area contributed by atoms with Crippen LogP contribution in [0.15, 0.2) is 4.52 Å². The van der Waals surface area contributed by atoms with Crippen molar-refractivity contribution < 1.29 is 22.8 Å². The number of halogens is 3. The third kappa shape index (κ3) is 3.08. The maximum Gasteiger partial charge on any atom is 0.415 e. The molecule has 108 valence electrons. The molecule has 4 unspecified atom stereocenters. The molecule has 1 N–H and O–H groups in total. The van der Waals surface area contributed by atoms with Gasteiger partial charge in [0.05, 0.1) is 5.92 Å². The number of aliphatic hydroxyl groups excluding tert-OH is 1. The van der Waals surface area contributed by atoms with Crippen molar-refractivity contribution in [1.29, 1.82) is 0 Å². The van der Waals surface area contributed by atoms with Gasteiger partial charge in [-0.2, -0.15) is 18.2 Å². The van der Waals surface area contributed by atoms with Crippen molar-refractivity contribution in [3.05, 3.63) is 11.7 Å². The second kappa shape index (κ2) is 5.11. The smallest absolute Gasteiger partial charge is 0.383 e. The Bertz CT molecular complexity index is 433. The first-order valence-electron chi connectivity index (χ1n) is 6.37. The Morgan fingerprint density at radius 2 is 2.05 bits per heavy atom. The molecular weight excluding hydrogens is 261 g/mol. The fourth-order valence-corrected chi connectivity index (χ4v) is 2.46. The molecule has 1 fully saturated rings. The summed E-state index contributed by atoms with van der Waals surface area (Å²) in [7, 11) is 0. The quantitative estimate of drug-likeness (QED) is 0.923. The van der Waals surface area contributed by atoms with Crippen molar-refractivity contribution in [3.63, 3.8) is 0 Å². The van der Waals surface area contributed by atoms with E-state index in [0.29, 0.717) is 11.7 Å². The average molecular weight is 278 g/mol. The number of hydrogen-bond donors (Lipinski definition) is 1. The molecule has 2 rings (SSSR count). The minimum absolute atomic E-state index is 0.153. The van der Waals surface area contributed by atoms with E-state index in [2.05, 4.69) is 17.1 Å². The zero-order chi connectivity index (χ0) is 14.2. The molecule has 4 nitrogen and oxygen atoms in total. The van der Waals surface area contributed by atoms with E-state index in [9.17, 15) is 18.3 Å². The van der Waals surface area contributed by atoms with Gasteiger partial charge in [0, 0.05) is 5.92 Å². The van der Waals surface area contributed by atoms with Crippen molar-refractivity contribution in [2.75, 3.05) is 0 Å². The third-order valence-corrected chi connectivity index (χ3v) is 3.72. The first-order valence-corrected chi connectivity index (χ1v) is 6.37. The Morgan fingerprint density at radius 3 is 2.58 bits per heavy atom. The highest BCUT2D eigenvalue weighted by Gasteiger charge is 2.44. The van der Waals surface area contributed by atoms with Crippen LogP contribution in [0.4, 0.5) is 13.2 Å². The highest BCUT2D eigenvalue weighted by Crippen LogP contribution is 2.37. The topological polar surface area (TPSA) is 59.2 Å². The third-order valence-electron chi connectivity index (χ3n) is 3.72. The normalized spacial score (nSPS) is 27.5. The van der Waals surface area contributed by atoms with Gasteiger partial charge in [-0.25, -0.2) is 0 Å². The zero-order valence-corrected chi connectivity index (χ0v) is 10.8. The van der Waals surface area contributed by atoms with E-state index in [1.807, 2.05) is 0 Å². The zero-order valence-electron chi connectivity index (χ0n) is 10.8. The van der Waals surface area contributed by atoms with E-state index in [1.165, 1.54) is 6.92 Å². The molecular formula is C12H17F3N2O2. The van der Waals surface area contributed by atoms with Crippen LogP contribution in [-0.4, -0.2) is 27.5 Å². The van der Waals surface area contributed by atoms with Crippen LogP contribution >= 0.6 is 0 Å². The molecule has 7 heteroatoms. The number of aliphatic hydroxyl groups is 1. The molecule has 0 bridgehead atoms. The molecule has 0 aromatic carbocycles. The minimum atomic E-state index is -4.68. The molecule has 0 amide bonds. The first-order chi connectivity index (χ1) is 8.79. The predicted molar refractivity (Wildman–Crippen MR) is 60.5 cm³/mol. The van der Waals surface area contributed by atoms with E-state index < -0.39 is 18.2 Å². The fourth-order valence-electron chi connectivity index (χ4n) is 2.46. The minimum Gasteiger partial charge on any atom is -0.383 e. The standard InChI is InChI=1S/C12H17F3N2O2/c1-6-3-4-8(5-6)10-16-11(19-17-10)7(2)9(18)12(13,14)15/h6-9,18H,3-5H2,1-2H3. The van der Waals surface area contributed by atoms with Gasteiger partial charge >= 0.3 is 6.18 Å². The summed E-state index contributed by atoms with van der Waals surface area (Å²) in [4.78, 5) is 4.02. The molecule has 1 aliphatic rings. The largest absolute Gasteiger partial charge is 0.415 e. The summed E-state index contributed by atoms with van der Waals surface area (Å²) in [6.07, 6.45) is -4.25. The second-order valence-corrected chi connectivity index (χ2v) is 5.38. The predicted octanol–water partition coefficient (Wildman–Crippen LogP) is 3.00. The second-order valence-electron chi connectivity index (χ2n) is 5.38. The van der Waals surface area contributed by atoms with Crippen molar-refractivity contribution in [1.82, 2.24) is 10.1 Å². The van der Waals surface area contributed by atoms with Crippen LogP contribution in [0, 0.1) is 5.92 Å². The SMILES string of the molecule is CC1CCC(c2noc(C(C)C(O)C(F)(F)F)n2)C1. The van der Waals surface area contributed by atoms with Gasteiger partial charge in [0.2, 0.25) is 5.89 Å². The summed E-state index contributed by atoms with van der Waals surface area (Å²) >= 11 is 0. The van der Waals surface area contributed by atoms with Gasteiger partial charge in [-0.1, -0.05) is 19.0 Å². The molecule has 1 aromatic rings. The Kier molecular flexibility index (Phi) is 3.85. The van der Waals surface area contributed by atoms with E-state index >= 15 is 0 Å². The van der Waals surface area contributed by atoms with Gasteiger partial charge in [0.25, 0.3) is 0 Å². The Balaban J connectivity index is 2.08. The summed E-state index contributed by atoms with van der Waals surface area (Å²) in [6, 6.07) is 0. The lowest BCUT2D eigenvalue weighted by Crippen LogP contribution is -2.33. The lowest BCUT2D eigenvalue weighted by atomic mass is 10.0. The molecule has 0 aliphatic heterocycles. The fraction of sp³-hybridized carbons (Fsp3) is 0.833. The summed E-state index contributed by atoms with van der Waals surface area (Å²) < 4.78 is 42.1. The van der Waals surface area contributed by atoms with Gasteiger partial charge in [-0.15, -0.1) is 0 Å². The molecule has 1 aromatic heterocycles. The van der Waals surface area contributed by atoms with E-state index in [1.54, 1.807) is 0 Å². The average Bonchev–Trinajstić information content (AvgIpc) is 2.94. The Hall–Kier alpha value is -1.11. The first kappa shape index (κ1) is 14.3. The van der Waals surface area contributed by atoms with Gasteiger partial charge in [0.15, 0.2) is 11.9 Å². The van der Waals surface area contributed by atoms with Crippen LogP contribution in [0.1, 0.15) is 56.7 Å². The van der Waals surface area contributed by atoms with E-state index in [4.69, 9.17) is 4.52 Å². The summed E-state index contributed by atoms with van der Waals surface area (Å²) in [5.74, 6) is -0.215. The van der Waals surface area contributed by atoms with Crippen molar-refractivity contribution in [2.45, 2.75) is 57.2 Å². The summed E-state index contributed by atoms with van der Waals surface area (Å²) in [5, 5.41) is 12.9. The molecule has 19 heavy (non-hydrogen) atoms. The summed E-state index contributed by atoms with van der Waals surface area (Å²) in [6.45, 7) is 3.35. The number of aromatic nitrogens is 2. The number of nitrogens with zero attached hydrogens (tertiary/aromatic N) is 2. The molecule has 1 heterocycles. The lowest BCUT2D eigenvalue weighted by molar-refractivity contribution is -0.210. The van der Waals surface area contributed by atoms with Crippen LogP contribution in [0.3, 0.4) is 0 Å². The van der Waals surface area contributed by atoms with Crippen LogP contribution in [-0.2, 0) is 0 Å². The Labute approximate surface area is 109 Å². The number of rotatable bonds is 3. The maximum absolute atomic E-state index is 12.4. The summed E-state index contributed by atoms with van der Waals surface area (Å²) in [5.41, 5.74) is 0. The van der Waals surface area contributed by atoms with Gasteiger partial charge in [0.1, 0.15) is 0 Å². The highest BCUT2D eigenvalue weighted by atomic mass is 19.4. The van der Waals surface area contributed by atoms with Crippen molar-refractivity contribution in [3.8, 4) is 0 Å². The highest BCUT2D eigenvalue weighted by molar-refractivity contribution is 5.03. The maximum atomic E-state index is 12.4. The van der Waals surface area contributed by atoms with E-state index in [0.717, 1.165) is 19.3 Å². The molecule has 0 spiro atoms. The van der Waals surface area contributed by atoms with Gasteiger partial charge in [-0.05, 0) is 25.2 Å². The number of hydrogen-bond acceptors (Lipinski definition) is 4. The van der Waals surface area contributed by atoms with Crippen LogP contribution in [0.5, 0.6) is 0 Å². The van der Waals surface area contributed by atoms with Gasteiger partial charge in [-0.3, -0.25) is 0 Å². The lowest BCUT2D eigenvalue weighted by Gasteiger charge is -2.18. The molecule has 0 saturated heterocycles. The van der Waals surface area contributed by atoms with Gasteiger partial charge < -0.3 is 9.63 Å². The van der Waals surface area contributed by atoms with Crippen LogP contribution < -0.4 is 0 Å². The monoisotopic (exact) mass is 278 g/mol. The molecule has 1 saturated carbocycles. The van der Waals surface area contributed by atoms with Crippen molar-refractivity contribution in [2.24, 2.45) is 5.92 Å². The van der Waals surface area contributed by atoms with E-state index in [-0.39, 0.29) is 11.8 Å².